The summed E-state index contributed by atoms with van der Waals surface area (Å²) < 4.78 is 6.91. The lowest BCUT2D eigenvalue weighted by molar-refractivity contribution is 0.0797. The minimum Gasteiger partial charge on any atom is -0.494 e. The predicted octanol–water partition coefficient (Wildman–Crippen LogP) is 2.49. The van der Waals surface area contributed by atoms with Crippen LogP contribution in [0.1, 0.15) is 17.6 Å². The summed E-state index contributed by atoms with van der Waals surface area (Å²) >= 11 is 1.48. The fraction of sp³-hybridized carbons (Fsp3) is 0.368. The number of hydrogen-bond donors (Lipinski definition) is 2. The van der Waals surface area contributed by atoms with Gasteiger partial charge in [-0.25, -0.2) is 4.98 Å². The lowest BCUT2D eigenvalue weighted by Crippen LogP contribution is -2.30. The van der Waals surface area contributed by atoms with Gasteiger partial charge >= 0.3 is 0 Å². The average molecular weight is 374 g/mol. The molecule has 0 spiro atoms. The molecule has 7 heteroatoms. The van der Waals surface area contributed by atoms with Gasteiger partial charge in [0.1, 0.15) is 16.4 Å². The average Bonchev–Trinajstić information content (AvgIpc) is 2.95. The van der Waals surface area contributed by atoms with Crippen LogP contribution >= 0.6 is 11.3 Å². The summed E-state index contributed by atoms with van der Waals surface area (Å²) in [6.07, 6.45) is -1.00. The molecule has 0 bridgehead atoms. The Bertz CT molecular complexity index is 976. The molecule has 0 saturated carbocycles. The Hall–Kier alpha value is -2.22. The van der Waals surface area contributed by atoms with Crippen LogP contribution < -0.4 is 10.3 Å². The van der Waals surface area contributed by atoms with Crippen LogP contribution in [0.4, 0.5) is 0 Å². The number of benzene rings is 1. The quantitative estimate of drug-likeness (QED) is 0.692. The highest BCUT2D eigenvalue weighted by Crippen LogP contribution is 2.36. The molecule has 138 valence electrons. The number of aliphatic hydroxyl groups excluding tert-OH is 2. The van der Waals surface area contributed by atoms with E-state index in [9.17, 15) is 9.90 Å². The number of aryl methyl sites for hydroxylation is 2. The molecule has 3 aromatic rings. The normalized spacial score (nSPS) is 12.5. The van der Waals surface area contributed by atoms with E-state index in [2.05, 4.69) is 4.98 Å². The van der Waals surface area contributed by atoms with E-state index in [0.29, 0.717) is 22.6 Å². The summed E-state index contributed by atoms with van der Waals surface area (Å²) in [5.74, 6) is 1.31. The van der Waals surface area contributed by atoms with Crippen molar-refractivity contribution in [3.63, 3.8) is 0 Å². The van der Waals surface area contributed by atoms with Crippen LogP contribution in [0.3, 0.4) is 0 Å². The number of ether oxygens (including phenoxy) is 1. The van der Waals surface area contributed by atoms with Crippen LogP contribution in [0.15, 0.2) is 29.1 Å². The highest BCUT2D eigenvalue weighted by molar-refractivity contribution is 7.19. The number of aliphatic hydroxyl groups is 2. The maximum Gasteiger partial charge on any atom is 0.262 e. The molecule has 6 nitrogen and oxygen atoms in total. The lowest BCUT2D eigenvalue weighted by Gasteiger charge is -2.13. The van der Waals surface area contributed by atoms with Crippen LogP contribution in [-0.4, -0.2) is 39.1 Å². The summed E-state index contributed by atoms with van der Waals surface area (Å²) in [7, 11) is 0. The van der Waals surface area contributed by atoms with Gasteiger partial charge in [0.2, 0.25) is 0 Å². The van der Waals surface area contributed by atoms with E-state index in [-0.39, 0.29) is 12.1 Å². The third-order valence-corrected chi connectivity index (χ3v) is 5.24. The molecule has 26 heavy (non-hydrogen) atoms. The van der Waals surface area contributed by atoms with E-state index >= 15 is 0 Å². The zero-order chi connectivity index (χ0) is 18.8. The molecule has 2 N–H and O–H groups in total. The topological polar surface area (TPSA) is 84.6 Å². The number of aromatic nitrogens is 2. The molecule has 0 fully saturated rings. The summed E-state index contributed by atoms with van der Waals surface area (Å²) in [5, 5.41) is 19.4. The second kappa shape index (κ2) is 7.57. The van der Waals surface area contributed by atoms with Gasteiger partial charge in [-0.2, -0.15) is 0 Å². The number of nitrogens with zero attached hydrogens (tertiary/aromatic N) is 2. The molecule has 2 aromatic heterocycles. The molecule has 0 aliphatic rings. The first-order chi connectivity index (χ1) is 12.5. The second-order valence-corrected chi connectivity index (χ2v) is 7.29. The van der Waals surface area contributed by atoms with Crippen molar-refractivity contribution in [2.75, 3.05) is 13.2 Å². The standard InChI is InChI=1S/C19H22N2O4S/c1-4-25-15-7-5-13(6-8-15)16-11(2)26-18-17(16)19(24)21(12(3)20-18)9-14(23)10-22/h5-8,14,22-23H,4,9-10H2,1-3H3. The van der Waals surface area contributed by atoms with Gasteiger partial charge in [-0.05, 0) is 38.5 Å². The van der Waals surface area contributed by atoms with E-state index in [4.69, 9.17) is 9.84 Å². The van der Waals surface area contributed by atoms with E-state index in [1.165, 1.54) is 15.9 Å². The highest BCUT2D eigenvalue weighted by Gasteiger charge is 2.19. The summed E-state index contributed by atoms with van der Waals surface area (Å²) in [6.45, 7) is 5.85. The molecule has 1 atom stereocenters. The second-order valence-electron chi connectivity index (χ2n) is 6.08. The maximum absolute atomic E-state index is 13.1. The number of fused-ring (bicyclic) bond motifs is 1. The van der Waals surface area contributed by atoms with Crippen molar-refractivity contribution in [3.05, 3.63) is 45.3 Å². The molecular formula is C19H22N2O4S. The van der Waals surface area contributed by atoms with Crippen molar-refractivity contribution in [3.8, 4) is 16.9 Å². The van der Waals surface area contributed by atoms with Crippen LogP contribution in [-0.2, 0) is 6.54 Å². The number of rotatable bonds is 6. The highest BCUT2D eigenvalue weighted by atomic mass is 32.1. The third-order valence-electron chi connectivity index (χ3n) is 4.24. The fourth-order valence-electron chi connectivity index (χ4n) is 3.01. The van der Waals surface area contributed by atoms with Crippen molar-refractivity contribution in [1.82, 2.24) is 9.55 Å². The molecule has 3 rings (SSSR count). The Labute approximate surface area is 155 Å². The Balaban J connectivity index is 2.18. The molecule has 1 unspecified atom stereocenters. The molecule has 0 aliphatic heterocycles. The van der Waals surface area contributed by atoms with Gasteiger partial charge in [-0.3, -0.25) is 9.36 Å². The smallest absolute Gasteiger partial charge is 0.262 e. The van der Waals surface area contributed by atoms with Crippen molar-refractivity contribution in [1.29, 1.82) is 0 Å². The largest absolute Gasteiger partial charge is 0.494 e. The first-order valence-electron chi connectivity index (χ1n) is 8.49. The maximum atomic E-state index is 13.1. The van der Waals surface area contributed by atoms with Gasteiger partial charge in [-0.15, -0.1) is 11.3 Å². The molecule has 1 aromatic carbocycles. The summed E-state index contributed by atoms with van der Waals surface area (Å²) in [6, 6.07) is 7.65. The SMILES string of the molecule is CCOc1ccc(-c2c(C)sc3nc(C)n(CC(O)CO)c(=O)c23)cc1. The van der Waals surface area contributed by atoms with Gasteiger partial charge in [0.05, 0.1) is 31.2 Å². The molecule has 2 heterocycles. The predicted molar refractivity (Wildman–Crippen MR) is 103 cm³/mol. The van der Waals surface area contributed by atoms with Crippen molar-refractivity contribution in [2.45, 2.75) is 33.4 Å². The van der Waals surface area contributed by atoms with Crippen molar-refractivity contribution < 1.29 is 14.9 Å². The molecular weight excluding hydrogens is 352 g/mol. The van der Waals surface area contributed by atoms with Gasteiger partial charge < -0.3 is 14.9 Å². The van der Waals surface area contributed by atoms with Crippen LogP contribution in [0.25, 0.3) is 21.3 Å². The molecule has 0 saturated heterocycles. The molecule has 0 aliphatic carbocycles. The Morgan fingerprint density at radius 1 is 1.27 bits per heavy atom. The zero-order valence-electron chi connectivity index (χ0n) is 15.0. The summed E-state index contributed by atoms with van der Waals surface area (Å²) in [4.78, 5) is 19.3. The van der Waals surface area contributed by atoms with E-state index < -0.39 is 12.7 Å². The van der Waals surface area contributed by atoms with Gasteiger partial charge in [0.15, 0.2) is 0 Å². The molecule has 0 radical (unpaired) electrons. The number of hydrogen-bond acceptors (Lipinski definition) is 6. The van der Waals surface area contributed by atoms with E-state index in [1.807, 2.05) is 38.1 Å². The van der Waals surface area contributed by atoms with Gasteiger partial charge in [0.25, 0.3) is 5.56 Å². The Morgan fingerprint density at radius 2 is 1.96 bits per heavy atom. The zero-order valence-corrected chi connectivity index (χ0v) is 15.8. The van der Waals surface area contributed by atoms with Crippen molar-refractivity contribution in [2.24, 2.45) is 0 Å². The van der Waals surface area contributed by atoms with E-state index in [1.54, 1.807) is 6.92 Å². The Morgan fingerprint density at radius 3 is 2.58 bits per heavy atom. The van der Waals surface area contributed by atoms with Gasteiger partial charge in [0, 0.05) is 10.4 Å². The fourth-order valence-corrected chi connectivity index (χ4v) is 4.09. The van der Waals surface area contributed by atoms with Gasteiger partial charge in [-0.1, -0.05) is 12.1 Å². The third kappa shape index (κ3) is 3.38. The first kappa shape index (κ1) is 18.6. The van der Waals surface area contributed by atoms with Crippen molar-refractivity contribution >= 4 is 21.6 Å². The van der Waals surface area contributed by atoms with Crippen LogP contribution in [0.2, 0.25) is 0 Å². The Kier molecular flexibility index (Phi) is 5.41. The number of thiophene rings is 1. The van der Waals surface area contributed by atoms with Crippen LogP contribution in [0.5, 0.6) is 5.75 Å². The summed E-state index contributed by atoms with van der Waals surface area (Å²) in [5.41, 5.74) is 1.58. The first-order valence-corrected chi connectivity index (χ1v) is 9.30. The minimum absolute atomic E-state index is 0.0156. The lowest BCUT2D eigenvalue weighted by atomic mass is 10.0. The molecule has 0 amide bonds. The minimum atomic E-state index is -1.00. The monoisotopic (exact) mass is 374 g/mol. The van der Waals surface area contributed by atoms with E-state index in [0.717, 1.165) is 21.8 Å². The van der Waals surface area contributed by atoms with Crippen LogP contribution in [0, 0.1) is 13.8 Å².